The van der Waals surface area contributed by atoms with Gasteiger partial charge in [0, 0.05) is 28.2 Å². The molecule has 1 aliphatic heterocycles. The first kappa shape index (κ1) is 26.7. The highest BCUT2D eigenvalue weighted by Crippen LogP contribution is 2.52. The molecular formula is C31H26N2O4S. The van der Waals surface area contributed by atoms with Gasteiger partial charge in [-0.1, -0.05) is 48.9 Å². The van der Waals surface area contributed by atoms with Crippen LogP contribution in [0, 0.1) is 11.3 Å². The van der Waals surface area contributed by atoms with Crippen LogP contribution in [0.15, 0.2) is 77.2 Å². The number of thioether (sulfide) groups is 1. The van der Waals surface area contributed by atoms with Crippen LogP contribution >= 0.6 is 11.8 Å². The molecule has 1 heterocycles. The number of nitriles is 1. The molecule has 2 unspecified atom stereocenters. The Kier molecular flexibility index (Phi) is 8.60. The van der Waals surface area contributed by atoms with Crippen LogP contribution in [0.1, 0.15) is 47.4 Å². The van der Waals surface area contributed by atoms with E-state index in [1.807, 2.05) is 6.07 Å². The molecule has 3 aromatic carbocycles. The van der Waals surface area contributed by atoms with Crippen molar-refractivity contribution in [2.24, 2.45) is 0 Å². The third-order valence-electron chi connectivity index (χ3n) is 6.94. The topological polar surface area (TPSA) is 98.5 Å². The number of rotatable bonds is 6. The van der Waals surface area contributed by atoms with E-state index in [-0.39, 0.29) is 11.7 Å². The van der Waals surface area contributed by atoms with Gasteiger partial charge in [-0.15, -0.1) is 11.8 Å². The maximum atomic E-state index is 11.3. The van der Waals surface area contributed by atoms with E-state index in [1.54, 1.807) is 17.8 Å². The molecule has 0 radical (unpaired) electrons. The summed E-state index contributed by atoms with van der Waals surface area (Å²) in [6, 6.07) is 25.5. The lowest BCUT2D eigenvalue weighted by molar-refractivity contribution is -0.191. The summed E-state index contributed by atoms with van der Waals surface area (Å²) in [7, 11) is 0. The first-order chi connectivity index (χ1) is 18.5. The zero-order chi connectivity index (χ0) is 27.1. The molecule has 1 aliphatic carbocycles. The maximum absolute atomic E-state index is 11.3. The van der Waals surface area contributed by atoms with Crippen LogP contribution < -0.4 is 4.90 Å². The molecule has 0 spiro atoms. The fourth-order valence-electron chi connectivity index (χ4n) is 5.26. The predicted molar refractivity (Wildman–Crippen MR) is 149 cm³/mol. The summed E-state index contributed by atoms with van der Waals surface area (Å²) in [6.45, 7) is 0. The quantitative estimate of drug-likeness (QED) is 0.165. The van der Waals surface area contributed by atoms with Gasteiger partial charge in [-0.3, -0.25) is 0 Å². The van der Waals surface area contributed by atoms with Crippen molar-refractivity contribution in [1.82, 2.24) is 0 Å². The van der Waals surface area contributed by atoms with Crippen molar-refractivity contribution in [3.63, 3.8) is 0 Å². The highest BCUT2D eigenvalue weighted by atomic mass is 32.2. The Bertz CT molecular complexity index is 1450. The number of hydrogen-bond acceptors (Lipinski definition) is 6. The van der Waals surface area contributed by atoms with Gasteiger partial charge in [0.15, 0.2) is 0 Å². The van der Waals surface area contributed by atoms with E-state index in [9.17, 15) is 9.90 Å². The van der Waals surface area contributed by atoms with Crippen molar-refractivity contribution in [2.75, 3.05) is 11.2 Å². The van der Waals surface area contributed by atoms with Crippen molar-refractivity contribution in [2.45, 2.75) is 36.1 Å². The Hall–Kier alpha value is -4.37. The molecule has 5 rings (SSSR count). The van der Waals surface area contributed by atoms with E-state index in [4.69, 9.17) is 14.9 Å². The highest BCUT2D eigenvalue weighted by Gasteiger charge is 2.42. The molecule has 2 atom stereocenters. The number of carboxylic acids is 1. The zero-order valence-electron chi connectivity index (χ0n) is 20.8. The molecule has 0 aromatic heterocycles. The van der Waals surface area contributed by atoms with Gasteiger partial charge in [0.2, 0.25) is 0 Å². The second-order valence-corrected chi connectivity index (χ2v) is 9.93. The first-order valence-corrected chi connectivity index (χ1v) is 13.4. The minimum atomic E-state index is -1.19. The summed E-state index contributed by atoms with van der Waals surface area (Å²) in [6.07, 6.45) is 11.5. The molecule has 1 saturated carbocycles. The van der Waals surface area contributed by atoms with E-state index < -0.39 is 5.97 Å². The van der Waals surface area contributed by atoms with Crippen LogP contribution in [0.25, 0.3) is 18.2 Å². The van der Waals surface area contributed by atoms with Crippen molar-refractivity contribution in [3.8, 4) is 6.07 Å². The van der Waals surface area contributed by atoms with Gasteiger partial charge in [0.25, 0.3) is 0 Å². The molecule has 1 fully saturated rings. The summed E-state index contributed by atoms with van der Waals surface area (Å²) in [5.74, 6) is -0.767. The van der Waals surface area contributed by atoms with Crippen molar-refractivity contribution in [1.29, 1.82) is 5.26 Å². The van der Waals surface area contributed by atoms with Crippen LogP contribution in [-0.2, 0) is 14.4 Å². The molecule has 7 heteroatoms. The van der Waals surface area contributed by atoms with Crippen LogP contribution in [0.5, 0.6) is 0 Å². The number of anilines is 2. The number of carboxylic acid groups (broad SMARTS) is 1. The van der Waals surface area contributed by atoms with E-state index >= 15 is 0 Å². The fraction of sp³-hybridized carbons (Fsp3) is 0.194. The number of fused-ring (bicyclic) bond motifs is 3. The predicted octanol–water partition coefficient (Wildman–Crippen LogP) is 6.77. The van der Waals surface area contributed by atoms with Gasteiger partial charge in [-0.2, -0.15) is 14.9 Å². The van der Waals surface area contributed by atoms with Crippen molar-refractivity contribution < 1.29 is 19.5 Å². The van der Waals surface area contributed by atoms with Crippen molar-refractivity contribution in [3.05, 3.63) is 94.6 Å². The second-order valence-electron chi connectivity index (χ2n) is 9.05. The van der Waals surface area contributed by atoms with E-state index in [1.165, 1.54) is 39.9 Å². The van der Waals surface area contributed by atoms with Gasteiger partial charge < -0.3 is 10.0 Å². The molecular weight excluding hydrogens is 496 g/mol. The molecule has 2 aliphatic rings. The van der Waals surface area contributed by atoms with E-state index in [0.29, 0.717) is 12.0 Å². The molecule has 0 saturated heterocycles. The minimum absolute atomic E-state index is 0.244. The Balaban J connectivity index is 0.00000107. The number of carbonyl (C=O) groups is 1. The number of hydrogen-bond donors (Lipinski definition) is 1. The van der Waals surface area contributed by atoms with E-state index in [2.05, 4.69) is 84.0 Å². The lowest BCUT2D eigenvalue weighted by Crippen LogP contribution is -2.26. The zero-order valence-corrected chi connectivity index (χ0v) is 21.7. The minimum Gasteiger partial charge on any atom is -0.477 e. The van der Waals surface area contributed by atoms with Gasteiger partial charge in [0.1, 0.15) is 11.6 Å². The Morgan fingerprint density at radius 3 is 2.16 bits per heavy atom. The summed E-state index contributed by atoms with van der Waals surface area (Å²) in [5.41, 5.74) is 6.47. The van der Waals surface area contributed by atoms with Gasteiger partial charge in [-0.25, -0.2) is 4.79 Å². The third kappa shape index (κ3) is 5.78. The summed E-state index contributed by atoms with van der Waals surface area (Å²) < 4.78 is 0. The monoisotopic (exact) mass is 522 g/mol. The number of nitrogens with zero attached hydrogens (tertiary/aromatic N) is 2. The standard InChI is InChI=1S/C30H26N2O2S.CO2/c1-35-25-14-9-21(10-15-25)6-5-20-7-12-24(13-8-20)32-28-4-2-3-26(28)27-18-22(11-16-29(27)32)17-23(19-31)30(33)34;2-1-3/h5-18,26,28H,2-4H2,1H3,(H,33,34);/b6-5?,23-17+;. The lowest BCUT2D eigenvalue weighted by Gasteiger charge is -2.27. The summed E-state index contributed by atoms with van der Waals surface area (Å²) in [4.78, 5) is 31.2. The van der Waals surface area contributed by atoms with Crippen LogP contribution in [-0.4, -0.2) is 29.5 Å². The Morgan fingerprint density at radius 1 is 0.974 bits per heavy atom. The average Bonchev–Trinajstić information content (AvgIpc) is 3.52. The first-order valence-electron chi connectivity index (χ1n) is 12.2. The van der Waals surface area contributed by atoms with Crippen molar-refractivity contribution >= 4 is 53.5 Å². The summed E-state index contributed by atoms with van der Waals surface area (Å²) in [5, 5.41) is 18.3. The van der Waals surface area contributed by atoms with Gasteiger partial charge >= 0.3 is 12.1 Å². The van der Waals surface area contributed by atoms with Gasteiger partial charge in [-0.05, 0) is 83.8 Å². The van der Waals surface area contributed by atoms with Crippen LogP contribution in [0.2, 0.25) is 0 Å². The Morgan fingerprint density at radius 2 is 1.58 bits per heavy atom. The normalized spacial score (nSPS) is 17.7. The molecule has 38 heavy (non-hydrogen) atoms. The number of benzene rings is 3. The lowest BCUT2D eigenvalue weighted by atomic mass is 9.95. The van der Waals surface area contributed by atoms with Crippen LogP contribution in [0.4, 0.5) is 11.4 Å². The molecule has 0 bridgehead atoms. The third-order valence-corrected chi connectivity index (χ3v) is 7.68. The number of aliphatic carboxylic acids is 1. The highest BCUT2D eigenvalue weighted by molar-refractivity contribution is 7.98. The second kappa shape index (κ2) is 12.2. The molecule has 3 aromatic rings. The molecule has 6 nitrogen and oxygen atoms in total. The smallest absolute Gasteiger partial charge is 0.373 e. The summed E-state index contributed by atoms with van der Waals surface area (Å²) >= 11 is 1.74. The molecule has 1 N–H and O–H groups in total. The largest absolute Gasteiger partial charge is 0.477 e. The van der Waals surface area contributed by atoms with E-state index in [0.717, 1.165) is 24.0 Å². The number of carbonyl (C=O) groups excluding carboxylic acids is 2. The van der Waals surface area contributed by atoms with Gasteiger partial charge in [0.05, 0.1) is 0 Å². The SMILES string of the molecule is CSc1ccc(C=Cc2ccc(N3c4ccc(/C=C(\C#N)C(=O)O)cc4C4CCCC43)cc2)cc1.O=C=O. The fourth-order valence-corrected chi connectivity index (χ4v) is 5.67. The maximum Gasteiger partial charge on any atom is 0.373 e. The Labute approximate surface area is 225 Å². The average molecular weight is 523 g/mol. The molecule has 190 valence electrons. The molecule has 0 amide bonds. The van der Waals surface area contributed by atoms with Crippen LogP contribution in [0.3, 0.4) is 0 Å².